The molecule has 3 rings (SSSR count). The maximum atomic E-state index is 12.9. The van der Waals surface area contributed by atoms with Gasteiger partial charge in [0.1, 0.15) is 6.04 Å². The quantitative estimate of drug-likeness (QED) is 0.688. The number of carbonyl (C=O) groups is 3. The molecule has 152 valence electrons. The van der Waals surface area contributed by atoms with Crippen molar-refractivity contribution in [1.82, 2.24) is 16.0 Å². The fourth-order valence-corrected chi connectivity index (χ4v) is 4.09. The molecule has 1 aliphatic heterocycles. The number of amides is 3. The fraction of sp³-hybridized carbons (Fsp3) is 0.571. The second-order valence-electron chi connectivity index (χ2n) is 7.68. The summed E-state index contributed by atoms with van der Waals surface area (Å²) in [5.41, 5.74) is 0.728. The average Bonchev–Trinajstić information content (AvgIpc) is 3.29. The third-order valence-corrected chi connectivity index (χ3v) is 5.63. The summed E-state index contributed by atoms with van der Waals surface area (Å²) in [5, 5.41) is 8.87. The van der Waals surface area contributed by atoms with E-state index < -0.39 is 6.04 Å². The molecule has 0 radical (unpaired) electrons. The van der Waals surface area contributed by atoms with Gasteiger partial charge in [0.15, 0.2) is 0 Å². The highest BCUT2D eigenvalue weighted by Crippen LogP contribution is 2.24. The standard InChI is InChI=1S/C21H29N3O4/c1-13-16(11-12-28-13)20(26)23-17-9-6-10-18(17)24-21(27)19(22-14(2)25)15-7-4-3-5-8-15/h3-5,7-8,13,16-19H,6,9-12H2,1-2H3,(H,22,25)(H,23,26)(H,24,27)/t13?,16?,17-,18+,19?/m1/s1. The molecule has 0 bridgehead atoms. The van der Waals surface area contributed by atoms with Crippen molar-refractivity contribution in [1.29, 1.82) is 0 Å². The van der Waals surface area contributed by atoms with Gasteiger partial charge in [-0.15, -0.1) is 0 Å². The molecule has 0 spiro atoms. The Balaban J connectivity index is 1.63. The van der Waals surface area contributed by atoms with E-state index in [0.717, 1.165) is 31.2 Å². The molecule has 1 heterocycles. The lowest BCUT2D eigenvalue weighted by molar-refractivity contribution is -0.129. The molecule has 7 nitrogen and oxygen atoms in total. The Kier molecular flexibility index (Phi) is 6.67. The minimum absolute atomic E-state index is 0.00220. The third-order valence-electron chi connectivity index (χ3n) is 5.63. The number of carbonyl (C=O) groups excluding carboxylic acids is 3. The van der Waals surface area contributed by atoms with Crippen LogP contribution in [0.15, 0.2) is 30.3 Å². The smallest absolute Gasteiger partial charge is 0.247 e. The van der Waals surface area contributed by atoms with Crippen LogP contribution in [-0.2, 0) is 19.1 Å². The summed E-state index contributed by atoms with van der Waals surface area (Å²) in [4.78, 5) is 37.1. The predicted octanol–water partition coefficient (Wildman–Crippen LogP) is 1.44. The largest absolute Gasteiger partial charge is 0.378 e. The summed E-state index contributed by atoms with van der Waals surface area (Å²) in [5.74, 6) is -0.661. The third kappa shape index (κ3) is 4.90. The lowest BCUT2D eigenvalue weighted by Gasteiger charge is -2.26. The molecule has 3 amide bonds. The second-order valence-corrected chi connectivity index (χ2v) is 7.68. The van der Waals surface area contributed by atoms with Gasteiger partial charge in [0.25, 0.3) is 0 Å². The zero-order valence-electron chi connectivity index (χ0n) is 16.4. The van der Waals surface area contributed by atoms with Crippen LogP contribution in [-0.4, -0.2) is 42.5 Å². The number of benzene rings is 1. The monoisotopic (exact) mass is 387 g/mol. The normalized spacial score (nSPS) is 27.8. The highest BCUT2D eigenvalue weighted by Gasteiger charge is 2.36. The summed E-state index contributed by atoms with van der Waals surface area (Å²) in [6, 6.07) is 8.17. The Morgan fingerprint density at radius 3 is 2.32 bits per heavy atom. The summed E-state index contributed by atoms with van der Waals surface area (Å²) >= 11 is 0. The number of rotatable bonds is 6. The van der Waals surface area contributed by atoms with E-state index in [9.17, 15) is 14.4 Å². The predicted molar refractivity (Wildman–Crippen MR) is 104 cm³/mol. The Bertz CT molecular complexity index is 709. The fourth-order valence-electron chi connectivity index (χ4n) is 4.09. The van der Waals surface area contributed by atoms with Crippen LogP contribution in [0.2, 0.25) is 0 Å². The van der Waals surface area contributed by atoms with E-state index in [0.29, 0.717) is 6.61 Å². The second kappa shape index (κ2) is 9.19. The van der Waals surface area contributed by atoms with E-state index in [-0.39, 0.29) is 41.8 Å². The molecule has 3 N–H and O–H groups in total. The molecule has 5 atom stereocenters. The Morgan fingerprint density at radius 2 is 1.71 bits per heavy atom. The molecule has 1 aromatic rings. The van der Waals surface area contributed by atoms with Crippen molar-refractivity contribution in [2.75, 3.05) is 6.61 Å². The van der Waals surface area contributed by atoms with Crippen molar-refractivity contribution < 1.29 is 19.1 Å². The van der Waals surface area contributed by atoms with Crippen molar-refractivity contribution in [3.05, 3.63) is 35.9 Å². The van der Waals surface area contributed by atoms with Crippen LogP contribution in [0.25, 0.3) is 0 Å². The van der Waals surface area contributed by atoms with Crippen LogP contribution < -0.4 is 16.0 Å². The zero-order valence-corrected chi connectivity index (χ0v) is 16.4. The maximum absolute atomic E-state index is 12.9. The molecule has 1 saturated heterocycles. The van der Waals surface area contributed by atoms with Crippen LogP contribution in [0.1, 0.15) is 51.1 Å². The summed E-state index contributed by atoms with van der Waals surface area (Å²) in [7, 11) is 0. The van der Waals surface area contributed by atoms with Gasteiger partial charge in [-0.25, -0.2) is 0 Å². The number of hydrogen-bond acceptors (Lipinski definition) is 4. The lowest BCUT2D eigenvalue weighted by atomic mass is 10.0. The molecule has 28 heavy (non-hydrogen) atoms. The van der Waals surface area contributed by atoms with Gasteiger partial charge in [-0.2, -0.15) is 0 Å². The van der Waals surface area contributed by atoms with Gasteiger partial charge in [0, 0.05) is 25.6 Å². The molecule has 2 aliphatic rings. The van der Waals surface area contributed by atoms with Crippen LogP contribution in [0.5, 0.6) is 0 Å². The average molecular weight is 387 g/mol. The number of nitrogens with one attached hydrogen (secondary N) is 3. The first-order valence-corrected chi connectivity index (χ1v) is 10.00. The van der Waals surface area contributed by atoms with Crippen molar-refractivity contribution in [3.63, 3.8) is 0 Å². The van der Waals surface area contributed by atoms with Crippen LogP contribution in [0.4, 0.5) is 0 Å². The molecule has 3 unspecified atom stereocenters. The van der Waals surface area contributed by atoms with E-state index in [1.807, 2.05) is 37.3 Å². The minimum Gasteiger partial charge on any atom is -0.378 e. The van der Waals surface area contributed by atoms with Gasteiger partial charge in [-0.3, -0.25) is 14.4 Å². The molecular formula is C21H29N3O4. The molecule has 0 aromatic heterocycles. The van der Waals surface area contributed by atoms with E-state index in [4.69, 9.17) is 4.74 Å². The topological polar surface area (TPSA) is 96.5 Å². The summed E-state index contributed by atoms with van der Waals surface area (Å²) < 4.78 is 5.49. The molecule has 7 heteroatoms. The molecule has 1 aliphatic carbocycles. The summed E-state index contributed by atoms with van der Waals surface area (Å²) in [6.45, 7) is 3.93. The SMILES string of the molecule is CC(=O)NC(C(=O)N[C@H]1CCC[C@H]1NC(=O)C1CCOC1C)c1ccccc1. The van der Waals surface area contributed by atoms with E-state index in [2.05, 4.69) is 16.0 Å². The van der Waals surface area contributed by atoms with Gasteiger partial charge in [0.05, 0.1) is 12.0 Å². The van der Waals surface area contributed by atoms with Crippen molar-refractivity contribution in [2.24, 2.45) is 5.92 Å². The Morgan fingerprint density at radius 1 is 1.04 bits per heavy atom. The van der Waals surface area contributed by atoms with Crippen molar-refractivity contribution in [3.8, 4) is 0 Å². The highest BCUT2D eigenvalue weighted by atomic mass is 16.5. The van der Waals surface area contributed by atoms with Gasteiger partial charge in [-0.1, -0.05) is 30.3 Å². The number of ether oxygens (including phenoxy) is 1. The van der Waals surface area contributed by atoms with Gasteiger partial charge in [-0.05, 0) is 38.2 Å². The van der Waals surface area contributed by atoms with E-state index in [1.165, 1.54) is 6.92 Å². The first-order chi connectivity index (χ1) is 13.5. The lowest BCUT2D eigenvalue weighted by Crippen LogP contribution is -2.52. The van der Waals surface area contributed by atoms with E-state index >= 15 is 0 Å². The van der Waals surface area contributed by atoms with Gasteiger partial charge < -0.3 is 20.7 Å². The first-order valence-electron chi connectivity index (χ1n) is 10.00. The van der Waals surface area contributed by atoms with Crippen LogP contribution >= 0.6 is 0 Å². The van der Waals surface area contributed by atoms with Crippen LogP contribution in [0, 0.1) is 5.92 Å². The van der Waals surface area contributed by atoms with Crippen LogP contribution in [0.3, 0.4) is 0 Å². The Labute approximate surface area is 165 Å². The molecule has 1 aromatic carbocycles. The van der Waals surface area contributed by atoms with E-state index in [1.54, 1.807) is 0 Å². The summed E-state index contributed by atoms with van der Waals surface area (Å²) in [6.07, 6.45) is 3.22. The molecule has 2 fully saturated rings. The first kappa shape index (κ1) is 20.3. The maximum Gasteiger partial charge on any atom is 0.247 e. The number of hydrogen-bond donors (Lipinski definition) is 3. The molecule has 1 saturated carbocycles. The zero-order chi connectivity index (χ0) is 20.1. The molecular weight excluding hydrogens is 358 g/mol. The minimum atomic E-state index is -0.751. The Hall–Kier alpha value is -2.41. The highest BCUT2D eigenvalue weighted by molar-refractivity contribution is 5.88. The van der Waals surface area contributed by atoms with Gasteiger partial charge >= 0.3 is 0 Å². The van der Waals surface area contributed by atoms with Crippen molar-refractivity contribution in [2.45, 2.75) is 63.8 Å². The van der Waals surface area contributed by atoms with Crippen molar-refractivity contribution >= 4 is 17.7 Å². The van der Waals surface area contributed by atoms with Gasteiger partial charge in [0.2, 0.25) is 17.7 Å².